The second-order valence-corrected chi connectivity index (χ2v) is 6.61. The molecule has 0 saturated heterocycles. The molecule has 128 valence electrons. The highest BCUT2D eigenvalue weighted by atomic mass is 79.9. The van der Waals surface area contributed by atoms with Crippen LogP contribution in [0, 0.1) is 0 Å². The fraction of sp³-hybridized carbons (Fsp3) is 0.0435. The first kappa shape index (κ1) is 18.0. The van der Waals surface area contributed by atoms with Gasteiger partial charge in [-0.25, -0.2) is 9.97 Å². The Hall–Kier alpha value is -2.78. The molecule has 0 bridgehead atoms. The Bertz CT molecular complexity index is 955. The van der Waals surface area contributed by atoms with Crippen molar-refractivity contribution in [1.29, 1.82) is 0 Å². The molecular formula is C23H19BrN2. The molecule has 0 unspecified atom stereocenters. The predicted octanol–water partition coefficient (Wildman–Crippen LogP) is 6.72. The van der Waals surface area contributed by atoms with E-state index in [4.69, 9.17) is 9.97 Å². The van der Waals surface area contributed by atoms with Gasteiger partial charge in [0.05, 0.1) is 11.4 Å². The average Bonchev–Trinajstić information content (AvgIpc) is 2.69. The van der Waals surface area contributed by atoms with Crippen LogP contribution in [0.15, 0.2) is 96.0 Å². The highest BCUT2D eigenvalue weighted by molar-refractivity contribution is 9.10. The minimum atomic E-state index is 0.702. The van der Waals surface area contributed by atoms with Gasteiger partial charge in [0.15, 0.2) is 5.82 Å². The Balaban J connectivity index is 2.21. The molecule has 1 heterocycles. The molecule has 3 heteroatoms. The second-order valence-electron chi connectivity index (χ2n) is 5.69. The van der Waals surface area contributed by atoms with Crippen molar-refractivity contribution in [2.24, 2.45) is 0 Å². The molecule has 0 radical (unpaired) electrons. The van der Waals surface area contributed by atoms with Gasteiger partial charge in [-0.05, 0) is 30.7 Å². The van der Waals surface area contributed by atoms with E-state index in [1.165, 1.54) is 0 Å². The summed E-state index contributed by atoms with van der Waals surface area (Å²) in [4.78, 5) is 9.61. The number of allylic oxidation sites excluding steroid dienone is 5. The lowest BCUT2D eigenvalue weighted by Crippen LogP contribution is -1.97. The number of halogens is 1. The van der Waals surface area contributed by atoms with E-state index >= 15 is 0 Å². The van der Waals surface area contributed by atoms with Gasteiger partial charge in [0.2, 0.25) is 0 Å². The Morgan fingerprint density at radius 1 is 0.962 bits per heavy atom. The number of benzene rings is 2. The van der Waals surface area contributed by atoms with Gasteiger partial charge in [0.1, 0.15) is 0 Å². The van der Waals surface area contributed by atoms with Crippen molar-refractivity contribution in [1.82, 2.24) is 9.97 Å². The van der Waals surface area contributed by atoms with Crippen LogP contribution in [0.25, 0.3) is 28.2 Å². The molecule has 0 aliphatic carbocycles. The first-order valence-corrected chi connectivity index (χ1v) is 9.17. The van der Waals surface area contributed by atoms with Gasteiger partial charge in [-0.15, -0.1) is 0 Å². The van der Waals surface area contributed by atoms with Gasteiger partial charge in [0.25, 0.3) is 0 Å². The lowest BCUT2D eigenvalue weighted by molar-refractivity contribution is 1.16. The normalized spacial score (nSPS) is 11.7. The van der Waals surface area contributed by atoms with Crippen molar-refractivity contribution in [3.8, 4) is 22.6 Å². The zero-order chi connectivity index (χ0) is 18.4. The third-order valence-corrected chi connectivity index (χ3v) is 4.37. The van der Waals surface area contributed by atoms with E-state index in [0.717, 1.165) is 32.6 Å². The highest BCUT2D eigenvalue weighted by Crippen LogP contribution is 2.26. The monoisotopic (exact) mass is 402 g/mol. The van der Waals surface area contributed by atoms with E-state index in [2.05, 4.69) is 34.6 Å². The molecule has 1 aromatic heterocycles. The van der Waals surface area contributed by atoms with Gasteiger partial charge >= 0.3 is 0 Å². The maximum atomic E-state index is 4.80. The largest absolute Gasteiger partial charge is 0.228 e. The first-order chi connectivity index (χ1) is 12.7. The minimum absolute atomic E-state index is 0.702. The highest BCUT2D eigenvalue weighted by Gasteiger charge is 2.10. The van der Waals surface area contributed by atoms with Crippen LogP contribution < -0.4 is 0 Å². The van der Waals surface area contributed by atoms with Crippen LogP contribution in [0.1, 0.15) is 12.6 Å². The molecule has 2 nitrogen and oxygen atoms in total. The van der Waals surface area contributed by atoms with Crippen molar-refractivity contribution < 1.29 is 0 Å². The smallest absolute Gasteiger partial charge is 0.160 e. The maximum Gasteiger partial charge on any atom is 0.160 e. The molecule has 3 aromatic rings. The van der Waals surface area contributed by atoms with E-state index < -0.39 is 0 Å². The second kappa shape index (κ2) is 8.54. The maximum absolute atomic E-state index is 4.80. The van der Waals surface area contributed by atoms with Gasteiger partial charge in [0, 0.05) is 15.6 Å². The molecule has 0 aliphatic heterocycles. The van der Waals surface area contributed by atoms with E-state index in [0.29, 0.717) is 5.82 Å². The van der Waals surface area contributed by atoms with E-state index in [-0.39, 0.29) is 0 Å². The fourth-order valence-electron chi connectivity index (χ4n) is 2.61. The van der Waals surface area contributed by atoms with Gasteiger partial charge in [-0.3, -0.25) is 0 Å². The Morgan fingerprint density at radius 3 is 2.35 bits per heavy atom. The molecule has 26 heavy (non-hydrogen) atoms. The quantitative estimate of drug-likeness (QED) is 0.442. The summed E-state index contributed by atoms with van der Waals surface area (Å²) in [7, 11) is 0. The summed E-state index contributed by atoms with van der Waals surface area (Å²) in [5, 5.41) is 0. The van der Waals surface area contributed by atoms with Crippen molar-refractivity contribution >= 4 is 21.5 Å². The summed E-state index contributed by atoms with van der Waals surface area (Å²) in [6.45, 7) is 5.81. The molecule has 0 saturated carbocycles. The van der Waals surface area contributed by atoms with Crippen LogP contribution in [-0.4, -0.2) is 9.97 Å². The third kappa shape index (κ3) is 4.24. The molecule has 0 N–H and O–H groups in total. The molecule has 3 rings (SSSR count). The number of rotatable bonds is 5. The van der Waals surface area contributed by atoms with Crippen molar-refractivity contribution in [3.05, 3.63) is 102 Å². The van der Waals surface area contributed by atoms with E-state index in [1.54, 1.807) is 6.08 Å². The molecule has 0 atom stereocenters. The van der Waals surface area contributed by atoms with Crippen LogP contribution in [0.2, 0.25) is 0 Å². The molecule has 0 spiro atoms. The molecule has 0 amide bonds. The zero-order valence-corrected chi connectivity index (χ0v) is 16.1. The minimum Gasteiger partial charge on any atom is -0.228 e. The topological polar surface area (TPSA) is 25.8 Å². The Morgan fingerprint density at radius 2 is 1.69 bits per heavy atom. The summed E-state index contributed by atoms with van der Waals surface area (Å²) in [5.41, 5.74) is 4.81. The lowest BCUT2D eigenvalue weighted by Gasteiger charge is -2.10. The van der Waals surface area contributed by atoms with Crippen LogP contribution >= 0.6 is 15.9 Å². The summed E-state index contributed by atoms with van der Waals surface area (Å²) < 4.78 is 1.03. The van der Waals surface area contributed by atoms with E-state index in [9.17, 15) is 0 Å². The molecule has 0 fully saturated rings. The van der Waals surface area contributed by atoms with Crippen LogP contribution in [0.5, 0.6) is 0 Å². The van der Waals surface area contributed by atoms with Gasteiger partial charge in [-0.2, -0.15) is 0 Å². The Labute approximate surface area is 162 Å². The predicted molar refractivity (Wildman–Crippen MR) is 114 cm³/mol. The first-order valence-electron chi connectivity index (χ1n) is 8.37. The van der Waals surface area contributed by atoms with Gasteiger partial charge in [-0.1, -0.05) is 89.3 Å². The number of hydrogen-bond acceptors (Lipinski definition) is 2. The van der Waals surface area contributed by atoms with Crippen molar-refractivity contribution in [2.75, 3.05) is 0 Å². The summed E-state index contributed by atoms with van der Waals surface area (Å²) in [5.74, 6) is 0.702. The molecular weight excluding hydrogens is 384 g/mol. The van der Waals surface area contributed by atoms with Crippen LogP contribution in [-0.2, 0) is 0 Å². The summed E-state index contributed by atoms with van der Waals surface area (Å²) in [6.07, 6.45) is 7.77. The van der Waals surface area contributed by atoms with Crippen molar-refractivity contribution in [2.45, 2.75) is 6.92 Å². The van der Waals surface area contributed by atoms with E-state index in [1.807, 2.05) is 73.7 Å². The Kier molecular flexibility index (Phi) is 5.92. The van der Waals surface area contributed by atoms with Gasteiger partial charge < -0.3 is 0 Å². The lowest BCUT2D eigenvalue weighted by atomic mass is 10.1. The zero-order valence-electron chi connectivity index (χ0n) is 14.6. The summed E-state index contributed by atoms with van der Waals surface area (Å²) in [6, 6.07) is 20.2. The fourth-order valence-corrected chi connectivity index (χ4v) is 2.88. The average molecular weight is 403 g/mol. The molecule has 2 aromatic carbocycles. The molecule has 0 aliphatic rings. The van der Waals surface area contributed by atoms with Crippen molar-refractivity contribution in [3.63, 3.8) is 0 Å². The van der Waals surface area contributed by atoms with Crippen LogP contribution in [0.3, 0.4) is 0 Å². The number of nitrogens with zero attached hydrogens (tertiary/aromatic N) is 2. The number of aromatic nitrogens is 2. The standard InChI is InChI=1S/C23H19BrN2/c1-3-8-17(9-4-2)21-16-22(18-10-6-5-7-11-18)26-23(25-21)19-12-14-20(24)15-13-19/h3-16H,1H2,2H3/b9-4-,17-8+. The summed E-state index contributed by atoms with van der Waals surface area (Å²) >= 11 is 3.48. The number of hydrogen-bond donors (Lipinski definition) is 0. The SMILES string of the molecule is C=C/C=C(\C=C/C)c1cc(-c2ccccc2)nc(-c2ccc(Br)cc2)n1. The van der Waals surface area contributed by atoms with Crippen LogP contribution in [0.4, 0.5) is 0 Å². The third-order valence-electron chi connectivity index (χ3n) is 3.84.